The fraction of sp³-hybridized carbons (Fsp3) is 0.182. The summed E-state index contributed by atoms with van der Waals surface area (Å²) >= 11 is 0. The average Bonchev–Trinajstić information content (AvgIpc) is 2.06. The van der Waals surface area contributed by atoms with Crippen LogP contribution in [0.3, 0.4) is 0 Å². The molecule has 0 saturated carbocycles. The lowest BCUT2D eigenvalue weighted by Gasteiger charge is -2.05. The predicted molar refractivity (Wildman–Crippen MR) is 56.2 cm³/mol. The lowest BCUT2D eigenvalue weighted by molar-refractivity contribution is -0.136. The molecule has 3 heteroatoms. The van der Waals surface area contributed by atoms with Crippen LogP contribution in [-0.2, 0) is 11.2 Å². The van der Waals surface area contributed by atoms with E-state index in [0.29, 0.717) is 0 Å². The Morgan fingerprint density at radius 3 is 2.43 bits per heavy atom. The summed E-state index contributed by atoms with van der Waals surface area (Å²) in [5.41, 5.74) is 2.58. The average molecular weight is 191 g/mol. The molecular formula is C11H13NO2. The van der Waals surface area contributed by atoms with Gasteiger partial charge in [0.1, 0.15) is 0 Å². The molecule has 3 nitrogen and oxygen atoms in total. The van der Waals surface area contributed by atoms with E-state index in [4.69, 9.17) is 5.11 Å². The molecule has 0 aromatic heterocycles. The first-order chi connectivity index (χ1) is 6.58. The molecule has 14 heavy (non-hydrogen) atoms. The van der Waals surface area contributed by atoms with Gasteiger partial charge < -0.3 is 10.4 Å². The zero-order valence-electron chi connectivity index (χ0n) is 8.08. The SMILES string of the molecule is C=C(C)Nc1ccc(CC(=O)O)cc1. The van der Waals surface area contributed by atoms with E-state index >= 15 is 0 Å². The third-order valence-electron chi connectivity index (χ3n) is 1.67. The molecule has 1 aromatic carbocycles. The van der Waals surface area contributed by atoms with Gasteiger partial charge in [0.25, 0.3) is 0 Å². The first kappa shape index (κ1) is 10.3. The quantitative estimate of drug-likeness (QED) is 0.767. The molecular weight excluding hydrogens is 178 g/mol. The highest BCUT2D eigenvalue weighted by atomic mass is 16.4. The highest BCUT2D eigenvalue weighted by molar-refractivity contribution is 5.70. The number of allylic oxidation sites excluding steroid dienone is 1. The van der Waals surface area contributed by atoms with Crippen molar-refractivity contribution < 1.29 is 9.90 Å². The summed E-state index contributed by atoms with van der Waals surface area (Å²) in [7, 11) is 0. The van der Waals surface area contributed by atoms with Crippen LogP contribution in [0, 0.1) is 0 Å². The van der Waals surface area contributed by atoms with Gasteiger partial charge in [-0.2, -0.15) is 0 Å². The molecule has 0 atom stereocenters. The van der Waals surface area contributed by atoms with E-state index in [0.717, 1.165) is 16.9 Å². The Morgan fingerprint density at radius 1 is 1.43 bits per heavy atom. The molecule has 0 aliphatic heterocycles. The maximum atomic E-state index is 10.4. The van der Waals surface area contributed by atoms with Gasteiger partial charge in [0, 0.05) is 11.4 Å². The minimum absolute atomic E-state index is 0.0628. The maximum absolute atomic E-state index is 10.4. The van der Waals surface area contributed by atoms with Gasteiger partial charge in [-0.15, -0.1) is 0 Å². The molecule has 0 aliphatic carbocycles. The van der Waals surface area contributed by atoms with E-state index in [9.17, 15) is 4.79 Å². The first-order valence-corrected chi connectivity index (χ1v) is 4.31. The molecule has 0 heterocycles. The fourth-order valence-corrected chi connectivity index (χ4v) is 1.13. The molecule has 0 spiro atoms. The zero-order valence-corrected chi connectivity index (χ0v) is 8.08. The number of rotatable bonds is 4. The van der Waals surface area contributed by atoms with Crippen LogP contribution in [0.15, 0.2) is 36.5 Å². The van der Waals surface area contributed by atoms with Crippen LogP contribution < -0.4 is 5.32 Å². The Bertz CT molecular complexity index is 306. The topological polar surface area (TPSA) is 49.3 Å². The van der Waals surface area contributed by atoms with Crippen molar-refractivity contribution in [3.8, 4) is 0 Å². The molecule has 0 amide bonds. The van der Waals surface area contributed by atoms with E-state index in [1.165, 1.54) is 0 Å². The Morgan fingerprint density at radius 2 is 2.00 bits per heavy atom. The maximum Gasteiger partial charge on any atom is 0.307 e. The van der Waals surface area contributed by atoms with Crippen molar-refractivity contribution in [2.24, 2.45) is 0 Å². The Kier molecular flexibility index (Phi) is 3.29. The van der Waals surface area contributed by atoms with Crippen LogP contribution in [0.2, 0.25) is 0 Å². The Hall–Kier alpha value is -1.77. The van der Waals surface area contributed by atoms with Gasteiger partial charge in [0.05, 0.1) is 6.42 Å². The van der Waals surface area contributed by atoms with E-state index in [-0.39, 0.29) is 6.42 Å². The first-order valence-electron chi connectivity index (χ1n) is 4.31. The summed E-state index contributed by atoms with van der Waals surface area (Å²) in [4.78, 5) is 10.4. The normalized spacial score (nSPS) is 9.50. The number of nitrogens with one attached hydrogen (secondary N) is 1. The van der Waals surface area contributed by atoms with Gasteiger partial charge in [-0.1, -0.05) is 18.7 Å². The molecule has 0 aliphatic rings. The van der Waals surface area contributed by atoms with Gasteiger partial charge >= 0.3 is 5.97 Å². The predicted octanol–water partition coefficient (Wildman–Crippen LogP) is 2.26. The summed E-state index contributed by atoms with van der Waals surface area (Å²) < 4.78 is 0. The number of aliphatic carboxylic acids is 1. The second-order valence-electron chi connectivity index (χ2n) is 3.17. The highest BCUT2D eigenvalue weighted by Crippen LogP contribution is 2.11. The summed E-state index contributed by atoms with van der Waals surface area (Å²) in [6.45, 7) is 5.58. The second kappa shape index (κ2) is 4.46. The molecule has 1 rings (SSSR count). The number of hydrogen-bond acceptors (Lipinski definition) is 2. The van der Waals surface area contributed by atoms with Crippen LogP contribution in [0.5, 0.6) is 0 Å². The van der Waals surface area contributed by atoms with Crippen LogP contribution in [0.25, 0.3) is 0 Å². The third-order valence-corrected chi connectivity index (χ3v) is 1.67. The summed E-state index contributed by atoms with van der Waals surface area (Å²) in [6, 6.07) is 7.26. The third kappa shape index (κ3) is 3.31. The Labute approximate surface area is 83.1 Å². The summed E-state index contributed by atoms with van der Waals surface area (Å²) in [5.74, 6) is -0.814. The minimum Gasteiger partial charge on any atom is -0.481 e. The number of carboxylic acids is 1. The fourth-order valence-electron chi connectivity index (χ4n) is 1.13. The smallest absolute Gasteiger partial charge is 0.307 e. The van der Waals surface area contributed by atoms with Crippen molar-refractivity contribution in [3.05, 3.63) is 42.1 Å². The lowest BCUT2D eigenvalue weighted by atomic mass is 10.1. The minimum atomic E-state index is -0.814. The van der Waals surface area contributed by atoms with Crippen LogP contribution in [-0.4, -0.2) is 11.1 Å². The van der Waals surface area contributed by atoms with Crippen LogP contribution in [0.1, 0.15) is 12.5 Å². The monoisotopic (exact) mass is 191 g/mol. The van der Waals surface area contributed by atoms with Crippen molar-refractivity contribution in [3.63, 3.8) is 0 Å². The highest BCUT2D eigenvalue weighted by Gasteiger charge is 1.99. The largest absolute Gasteiger partial charge is 0.481 e. The van der Waals surface area contributed by atoms with Crippen molar-refractivity contribution in [2.45, 2.75) is 13.3 Å². The second-order valence-corrected chi connectivity index (χ2v) is 3.17. The molecule has 74 valence electrons. The van der Waals surface area contributed by atoms with E-state index in [1.54, 1.807) is 12.1 Å². The Balaban J connectivity index is 2.68. The number of anilines is 1. The number of hydrogen-bond donors (Lipinski definition) is 2. The molecule has 0 radical (unpaired) electrons. The van der Waals surface area contributed by atoms with E-state index in [2.05, 4.69) is 11.9 Å². The van der Waals surface area contributed by atoms with Crippen molar-refractivity contribution in [2.75, 3.05) is 5.32 Å². The van der Waals surface area contributed by atoms with Gasteiger partial charge in [-0.05, 0) is 24.6 Å². The van der Waals surface area contributed by atoms with Crippen molar-refractivity contribution in [1.82, 2.24) is 0 Å². The standard InChI is InChI=1S/C11H13NO2/c1-8(2)12-10-5-3-9(4-6-10)7-11(13)14/h3-6,12H,1,7H2,2H3,(H,13,14). The molecule has 1 aromatic rings. The van der Waals surface area contributed by atoms with E-state index in [1.807, 2.05) is 19.1 Å². The van der Waals surface area contributed by atoms with Gasteiger partial charge in [-0.3, -0.25) is 4.79 Å². The molecule has 0 fully saturated rings. The molecule has 2 N–H and O–H groups in total. The van der Waals surface area contributed by atoms with Gasteiger partial charge in [-0.25, -0.2) is 0 Å². The number of benzene rings is 1. The lowest BCUT2D eigenvalue weighted by Crippen LogP contribution is -2.00. The summed E-state index contributed by atoms with van der Waals surface area (Å²) in [5, 5.41) is 11.6. The summed E-state index contributed by atoms with van der Waals surface area (Å²) in [6.07, 6.45) is 0.0628. The van der Waals surface area contributed by atoms with Gasteiger partial charge in [0.2, 0.25) is 0 Å². The van der Waals surface area contributed by atoms with Crippen LogP contribution in [0.4, 0.5) is 5.69 Å². The number of carbonyl (C=O) groups is 1. The van der Waals surface area contributed by atoms with Crippen LogP contribution >= 0.6 is 0 Å². The van der Waals surface area contributed by atoms with Crippen molar-refractivity contribution in [1.29, 1.82) is 0 Å². The van der Waals surface area contributed by atoms with E-state index < -0.39 is 5.97 Å². The molecule has 0 bridgehead atoms. The zero-order chi connectivity index (χ0) is 10.6. The molecule has 0 saturated heterocycles. The molecule has 0 unspecified atom stereocenters. The van der Waals surface area contributed by atoms with Gasteiger partial charge in [0.15, 0.2) is 0 Å². The number of carboxylic acid groups (broad SMARTS) is 1. The van der Waals surface area contributed by atoms with Crippen molar-refractivity contribution >= 4 is 11.7 Å².